The lowest BCUT2D eigenvalue weighted by Gasteiger charge is -2.21. The van der Waals surface area contributed by atoms with Crippen LogP contribution in [0.5, 0.6) is 0 Å². The number of nitrogens with one attached hydrogen (secondary N) is 1. The number of rotatable bonds is 7. The first-order valence-corrected chi connectivity index (χ1v) is 11.7. The molecular weight excluding hydrogens is 426 g/mol. The van der Waals surface area contributed by atoms with Gasteiger partial charge in [-0.25, -0.2) is 0 Å². The molecular formula is C28H29N3O3. The zero-order chi connectivity index (χ0) is 24.1. The fourth-order valence-corrected chi connectivity index (χ4v) is 4.28. The topological polar surface area (TPSA) is 69.7 Å². The largest absolute Gasteiger partial charge is 0.322 e. The van der Waals surface area contributed by atoms with Crippen molar-refractivity contribution in [2.75, 3.05) is 28.2 Å². The van der Waals surface area contributed by atoms with Crippen molar-refractivity contribution in [3.8, 4) is 0 Å². The van der Waals surface area contributed by atoms with E-state index in [0.717, 1.165) is 28.9 Å². The molecule has 1 heterocycles. The minimum absolute atomic E-state index is 0.0271. The van der Waals surface area contributed by atoms with E-state index in [1.165, 1.54) is 0 Å². The van der Waals surface area contributed by atoms with Gasteiger partial charge in [0.2, 0.25) is 11.8 Å². The van der Waals surface area contributed by atoms with Crippen LogP contribution in [-0.2, 0) is 22.4 Å². The molecule has 0 radical (unpaired) electrons. The van der Waals surface area contributed by atoms with Crippen LogP contribution in [0.1, 0.15) is 41.8 Å². The number of anilines is 3. The zero-order valence-corrected chi connectivity index (χ0v) is 19.6. The van der Waals surface area contributed by atoms with Gasteiger partial charge in [-0.15, -0.1) is 0 Å². The Morgan fingerprint density at radius 1 is 0.941 bits per heavy atom. The summed E-state index contributed by atoms with van der Waals surface area (Å²) < 4.78 is 0. The molecule has 34 heavy (non-hydrogen) atoms. The van der Waals surface area contributed by atoms with Crippen molar-refractivity contribution in [3.63, 3.8) is 0 Å². The zero-order valence-electron chi connectivity index (χ0n) is 19.6. The van der Waals surface area contributed by atoms with Crippen LogP contribution >= 0.6 is 0 Å². The Balaban J connectivity index is 1.39. The molecule has 0 fully saturated rings. The summed E-state index contributed by atoms with van der Waals surface area (Å²) in [6, 6.07) is 22.5. The smallest absolute Gasteiger partial charge is 0.255 e. The molecule has 0 spiro atoms. The van der Waals surface area contributed by atoms with E-state index in [4.69, 9.17) is 0 Å². The molecule has 4 rings (SSSR count). The monoisotopic (exact) mass is 455 g/mol. The van der Waals surface area contributed by atoms with Gasteiger partial charge in [0.25, 0.3) is 5.91 Å². The SMILES string of the molecule is CCC(=O)N1CCc2cc(C(=O)Nc3ccc(CC(=O)N(CC)c4ccccc4)cc3)ccc21. The van der Waals surface area contributed by atoms with Gasteiger partial charge in [-0.05, 0) is 66.9 Å². The average molecular weight is 456 g/mol. The summed E-state index contributed by atoms with van der Waals surface area (Å²) in [5.41, 5.74) is 4.91. The van der Waals surface area contributed by atoms with Crippen LogP contribution in [0, 0.1) is 0 Å². The summed E-state index contributed by atoms with van der Waals surface area (Å²) in [6.45, 7) is 5.07. The molecule has 3 aromatic rings. The maximum atomic E-state index is 12.8. The van der Waals surface area contributed by atoms with Crippen molar-refractivity contribution < 1.29 is 14.4 Å². The predicted octanol–water partition coefficient (Wildman–Crippen LogP) is 4.83. The Morgan fingerprint density at radius 3 is 2.35 bits per heavy atom. The van der Waals surface area contributed by atoms with Crippen molar-refractivity contribution >= 4 is 34.8 Å². The number of fused-ring (bicyclic) bond motifs is 1. The van der Waals surface area contributed by atoms with Gasteiger partial charge in [-0.3, -0.25) is 14.4 Å². The van der Waals surface area contributed by atoms with Crippen molar-refractivity contribution in [3.05, 3.63) is 89.5 Å². The van der Waals surface area contributed by atoms with E-state index in [-0.39, 0.29) is 24.1 Å². The lowest BCUT2D eigenvalue weighted by Crippen LogP contribution is -2.31. The van der Waals surface area contributed by atoms with Crippen LogP contribution < -0.4 is 15.1 Å². The van der Waals surface area contributed by atoms with Crippen LogP contribution in [0.2, 0.25) is 0 Å². The molecule has 3 aromatic carbocycles. The first-order chi connectivity index (χ1) is 16.5. The highest BCUT2D eigenvalue weighted by Crippen LogP contribution is 2.29. The molecule has 0 unspecified atom stereocenters. The van der Waals surface area contributed by atoms with Crippen LogP contribution in [0.15, 0.2) is 72.8 Å². The third kappa shape index (κ3) is 5.01. The van der Waals surface area contributed by atoms with Crippen LogP contribution in [0.4, 0.5) is 17.1 Å². The molecule has 6 nitrogen and oxygen atoms in total. The fraction of sp³-hybridized carbons (Fsp3) is 0.250. The van der Waals surface area contributed by atoms with Crippen LogP contribution in [0.25, 0.3) is 0 Å². The van der Waals surface area contributed by atoms with Gasteiger partial charge in [-0.1, -0.05) is 37.3 Å². The second kappa shape index (κ2) is 10.3. The lowest BCUT2D eigenvalue weighted by atomic mass is 10.1. The van der Waals surface area contributed by atoms with Gasteiger partial charge in [0.1, 0.15) is 0 Å². The van der Waals surface area contributed by atoms with Gasteiger partial charge in [-0.2, -0.15) is 0 Å². The lowest BCUT2D eigenvalue weighted by molar-refractivity contribution is -0.118. The highest BCUT2D eigenvalue weighted by molar-refractivity contribution is 6.05. The second-order valence-electron chi connectivity index (χ2n) is 8.29. The number of likely N-dealkylation sites (N-methyl/N-ethyl adjacent to an activating group) is 1. The predicted molar refractivity (Wildman–Crippen MR) is 135 cm³/mol. The Hall–Kier alpha value is -3.93. The summed E-state index contributed by atoms with van der Waals surface area (Å²) in [7, 11) is 0. The molecule has 1 N–H and O–H groups in total. The molecule has 1 aliphatic rings. The average Bonchev–Trinajstić information content (AvgIpc) is 3.29. The second-order valence-corrected chi connectivity index (χ2v) is 8.29. The fourth-order valence-electron chi connectivity index (χ4n) is 4.28. The number of para-hydroxylation sites is 1. The van der Waals surface area contributed by atoms with E-state index < -0.39 is 0 Å². The first-order valence-electron chi connectivity index (χ1n) is 11.7. The van der Waals surface area contributed by atoms with Crippen molar-refractivity contribution in [1.29, 1.82) is 0 Å². The van der Waals surface area contributed by atoms with Crippen molar-refractivity contribution in [1.82, 2.24) is 0 Å². The quantitative estimate of drug-likeness (QED) is 0.555. The van der Waals surface area contributed by atoms with E-state index in [0.29, 0.717) is 30.8 Å². The number of carbonyl (C=O) groups excluding carboxylic acids is 3. The van der Waals surface area contributed by atoms with Crippen molar-refractivity contribution in [2.24, 2.45) is 0 Å². The number of amides is 3. The molecule has 6 heteroatoms. The Bertz CT molecular complexity index is 1190. The van der Waals surface area contributed by atoms with E-state index >= 15 is 0 Å². The van der Waals surface area contributed by atoms with E-state index in [2.05, 4.69) is 5.32 Å². The highest BCUT2D eigenvalue weighted by Gasteiger charge is 2.24. The Morgan fingerprint density at radius 2 is 1.68 bits per heavy atom. The van der Waals surface area contributed by atoms with Crippen LogP contribution in [0.3, 0.4) is 0 Å². The van der Waals surface area contributed by atoms with E-state index in [9.17, 15) is 14.4 Å². The molecule has 0 atom stereocenters. The maximum Gasteiger partial charge on any atom is 0.255 e. The molecule has 0 aliphatic carbocycles. The third-order valence-electron chi connectivity index (χ3n) is 6.09. The van der Waals surface area contributed by atoms with Gasteiger partial charge in [0, 0.05) is 42.1 Å². The van der Waals surface area contributed by atoms with E-state index in [1.54, 1.807) is 15.9 Å². The number of benzene rings is 3. The normalized spacial score (nSPS) is 12.2. The first kappa shape index (κ1) is 23.2. The summed E-state index contributed by atoms with van der Waals surface area (Å²) in [6.07, 6.45) is 1.50. The minimum atomic E-state index is -0.201. The number of hydrogen-bond donors (Lipinski definition) is 1. The van der Waals surface area contributed by atoms with Gasteiger partial charge >= 0.3 is 0 Å². The van der Waals surface area contributed by atoms with Crippen LogP contribution in [-0.4, -0.2) is 30.8 Å². The molecule has 1 aliphatic heterocycles. The maximum absolute atomic E-state index is 12.8. The molecule has 3 amide bonds. The molecule has 0 saturated heterocycles. The van der Waals surface area contributed by atoms with E-state index in [1.807, 2.05) is 80.6 Å². The Labute approximate surface area is 200 Å². The Kier molecular flexibility index (Phi) is 7.07. The highest BCUT2D eigenvalue weighted by atomic mass is 16.2. The number of nitrogens with zero attached hydrogens (tertiary/aromatic N) is 2. The van der Waals surface area contributed by atoms with Gasteiger partial charge in [0.05, 0.1) is 6.42 Å². The third-order valence-corrected chi connectivity index (χ3v) is 6.09. The number of carbonyl (C=O) groups is 3. The van der Waals surface area contributed by atoms with Gasteiger partial charge in [0.15, 0.2) is 0 Å². The minimum Gasteiger partial charge on any atom is -0.322 e. The molecule has 0 aromatic heterocycles. The summed E-state index contributed by atoms with van der Waals surface area (Å²) in [4.78, 5) is 41.2. The molecule has 0 bridgehead atoms. The summed E-state index contributed by atoms with van der Waals surface area (Å²) in [5, 5.41) is 2.92. The standard InChI is InChI=1S/C28H29N3O3/c1-3-26(32)31-17-16-21-19-22(12-15-25(21)31)28(34)29-23-13-10-20(11-14-23)18-27(33)30(4-2)24-8-6-5-7-9-24/h5-15,19H,3-4,16-18H2,1-2H3,(H,29,34). The van der Waals surface area contributed by atoms with Crippen molar-refractivity contribution in [2.45, 2.75) is 33.1 Å². The summed E-state index contributed by atoms with van der Waals surface area (Å²) in [5.74, 6) is -0.0762. The summed E-state index contributed by atoms with van der Waals surface area (Å²) >= 11 is 0. The molecule has 174 valence electrons. The molecule has 0 saturated carbocycles. The number of hydrogen-bond acceptors (Lipinski definition) is 3. The van der Waals surface area contributed by atoms with Gasteiger partial charge < -0.3 is 15.1 Å².